The van der Waals surface area contributed by atoms with Crippen molar-refractivity contribution in [2.24, 2.45) is 0 Å². The van der Waals surface area contributed by atoms with E-state index in [2.05, 4.69) is 0 Å². The molecule has 0 heterocycles. The first-order valence-corrected chi connectivity index (χ1v) is 7.89. The van der Waals surface area contributed by atoms with Gasteiger partial charge in [0, 0.05) is 0 Å². The molecule has 0 aliphatic rings. The van der Waals surface area contributed by atoms with Gasteiger partial charge in [-0.05, 0) is 16.7 Å². The number of alkyl halides is 3. The number of hydrogen-bond donors (Lipinski definition) is 0. The number of ether oxygens (including phenoxy) is 1. The minimum Gasteiger partial charge on any atom is -0.297 e. The number of halogens is 3. The molecule has 0 saturated carbocycles. The minimum atomic E-state index is -3.93. The van der Waals surface area contributed by atoms with Gasteiger partial charge in [0.05, 0.1) is 0 Å². The summed E-state index contributed by atoms with van der Waals surface area (Å²) < 4.78 is 46.4. The molecule has 0 aliphatic carbocycles. The summed E-state index contributed by atoms with van der Waals surface area (Å²) in [6.45, 7) is -1.90. The van der Waals surface area contributed by atoms with Crippen LogP contribution in [0.1, 0.15) is 16.7 Å². The molecule has 0 aliphatic heterocycles. The Bertz CT molecular complexity index is 692. The molecule has 0 N–H and O–H groups in total. The highest BCUT2D eigenvalue weighted by atomic mass is 19.3. The van der Waals surface area contributed by atoms with E-state index in [0.29, 0.717) is 16.7 Å². The highest BCUT2D eigenvalue weighted by molar-refractivity contribution is 5.47. The number of hydrogen-bond acceptors (Lipinski definition) is 1. The van der Waals surface area contributed by atoms with Crippen LogP contribution in [0.5, 0.6) is 0 Å². The SMILES string of the molecule is FCC(F)(F)OC(c1ccccc1)(c1ccccc1)c1ccccc1. The van der Waals surface area contributed by atoms with E-state index >= 15 is 0 Å². The third-order valence-electron chi connectivity index (χ3n) is 4.00. The molecule has 0 fully saturated rings. The fourth-order valence-corrected chi connectivity index (χ4v) is 2.95. The van der Waals surface area contributed by atoms with Crippen LogP contribution >= 0.6 is 0 Å². The van der Waals surface area contributed by atoms with Crippen molar-refractivity contribution in [3.8, 4) is 0 Å². The fraction of sp³-hybridized carbons (Fsp3) is 0.143. The van der Waals surface area contributed by atoms with Crippen LogP contribution in [0, 0.1) is 0 Å². The topological polar surface area (TPSA) is 9.23 Å². The molecule has 128 valence electrons. The molecule has 0 radical (unpaired) electrons. The van der Waals surface area contributed by atoms with Crippen LogP contribution in [0.2, 0.25) is 0 Å². The minimum absolute atomic E-state index is 0.500. The summed E-state index contributed by atoms with van der Waals surface area (Å²) in [5.41, 5.74) is -0.124. The molecular weight excluding hydrogens is 325 g/mol. The van der Waals surface area contributed by atoms with Crippen LogP contribution in [-0.2, 0) is 10.3 Å². The maximum atomic E-state index is 14.1. The van der Waals surface area contributed by atoms with E-state index < -0.39 is 18.4 Å². The Morgan fingerprint density at radius 1 is 0.600 bits per heavy atom. The second-order valence-corrected chi connectivity index (χ2v) is 5.65. The first-order chi connectivity index (χ1) is 12.1. The summed E-state index contributed by atoms with van der Waals surface area (Å²) >= 11 is 0. The van der Waals surface area contributed by atoms with Crippen LogP contribution in [-0.4, -0.2) is 12.8 Å². The summed E-state index contributed by atoms with van der Waals surface area (Å²) in [7, 11) is 0. The molecule has 0 amide bonds. The van der Waals surface area contributed by atoms with Crippen molar-refractivity contribution in [1.82, 2.24) is 0 Å². The van der Waals surface area contributed by atoms with Crippen molar-refractivity contribution in [2.45, 2.75) is 11.7 Å². The predicted molar refractivity (Wildman–Crippen MR) is 91.2 cm³/mol. The van der Waals surface area contributed by atoms with Gasteiger partial charge < -0.3 is 0 Å². The summed E-state index contributed by atoms with van der Waals surface area (Å²) in [6, 6.07) is 26.0. The maximum Gasteiger partial charge on any atom is 0.385 e. The average molecular weight is 342 g/mol. The highest BCUT2D eigenvalue weighted by Crippen LogP contribution is 2.44. The lowest BCUT2D eigenvalue weighted by Crippen LogP contribution is -2.41. The Hall–Kier alpha value is -2.59. The van der Waals surface area contributed by atoms with Crippen molar-refractivity contribution >= 4 is 0 Å². The number of benzene rings is 3. The molecule has 0 saturated heterocycles. The average Bonchev–Trinajstić information content (AvgIpc) is 2.68. The van der Waals surface area contributed by atoms with E-state index in [4.69, 9.17) is 4.74 Å². The Morgan fingerprint density at radius 2 is 0.920 bits per heavy atom. The maximum absolute atomic E-state index is 14.1. The van der Waals surface area contributed by atoms with E-state index in [9.17, 15) is 13.2 Å². The Morgan fingerprint density at radius 3 is 1.20 bits per heavy atom. The first kappa shape index (κ1) is 17.2. The quantitative estimate of drug-likeness (QED) is 0.533. The summed E-state index contributed by atoms with van der Waals surface area (Å²) in [6.07, 6.45) is -3.93. The molecule has 25 heavy (non-hydrogen) atoms. The lowest BCUT2D eigenvalue weighted by atomic mass is 9.80. The number of rotatable bonds is 6. The summed E-state index contributed by atoms with van der Waals surface area (Å²) in [4.78, 5) is 0. The van der Waals surface area contributed by atoms with Crippen molar-refractivity contribution in [3.05, 3.63) is 108 Å². The van der Waals surface area contributed by atoms with Crippen LogP contribution < -0.4 is 0 Å². The molecule has 0 bridgehead atoms. The first-order valence-electron chi connectivity index (χ1n) is 7.89. The van der Waals surface area contributed by atoms with Crippen molar-refractivity contribution < 1.29 is 17.9 Å². The Kier molecular flexibility index (Phi) is 4.91. The van der Waals surface area contributed by atoms with Gasteiger partial charge in [-0.1, -0.05) is 91.0 Å². The van der Waals surface area contributed by atoms with Crippen molar-refractivity contribution in [3.63, 3.8) is 0 Å². The van der Waals surface area contributed by atoms with Gasteiger partial charge in [0.2, 0.25) is 0 Å². The Labute approximate surface area is 144 Å². The molecule has 0 unspecified atom stereocenters. The molecule has 3 aromatic rings. The molecule has 0 aromatic heterocycles. The van der Waals surface area contributed by atoms with Crippen LogP contribution in [0.4, 0.5) is 13.2 Å². The summed E-state index contributed by atoms with van der Waals surface area (Å²) in [5.74, 6) is 0. The van der Waals surface area contributed by atoms with Gasteiger partial charge >= 0.3 is 6.11 Å². The third-order valence-corrected chi connectivity index (χ3v) is 4.00. The van der Waals surface area contributed by atoms with Crippen LogP contribution in [0.15, 0.2) is 91.0 Å². The third kappa shape index (κ3) is 3.44. The van der Waals surface area contributed by atoms with E-state index in [-0.39, 0.29) is 0 Å². The molecule has 4 heteroatoms. The van der Waals surface area contributed by atoms with Crippen LogP contribution in [0.3, 0.4) is 0 Å². The standard InChI is InChI=1S/C21H17F3O/c22-16-20(23,24)25-21(17-10-4-1-5-11-17,18-12-6-2-7-13-18)19-14-8-3-9-15-19/h1-15H,16H2. The van der Waals surface area contributed by atoms with Gasteiger partial charge in [-0.25, -0.2) is 4.39 Å². The van der Waals surface area contributed by atoms with Gasteiger partial charge in [-0.3, -0.25) is 4.74 Å². The second kappa shape index (κ2) is 7.11. The van der Waals surface area contributed by atoms with Crippen molar-refractivity contribution in [1.29, 1.82) is 0 Å². The normalized spacial score (nSPS) is 12.1. The molecule has 1 nitrogen and oxygen atoms in total. The van der Waals surface area contributed by atoms with E-state index in [0.717, 1.165) is 0 Å². The van der Waals surface area contributed by atoms with Gasteiger partial charge in [0.15, 0.2) is 6.67 Å². The Balaban J connectivity index is 2.32. The van der Waals surface area contributed by atoms with Gasteiger partial charge in [-0.15, -0.1) is 0 Å². The largest absolute Gasteiger partial charge is 0.385 e. The van der Waals surface area contributed by atoms with E-state index in [1.807, 2.05) is 0 Å². The molecule has 0 atom stereocenters. The lowest BCUT2D eigenvalue weighted by Gasteiger charge is -2.37. The lowest BCUT2D eigenvalue weighted by molar-refractivity contribution is -0.285. The van der Waals surface area contributed by atoms with Gasteiger partial charge in [0.25, 0.3) is 0 Å². The zero-order chi connectivity index (χ0) is 17.8. The van der Waals surface area contributed by atoms with Gasteiger partial charge in [-0.2, -0.15) is 8.78 Å². The highest BCUT2D eigenvalue weighted by Gasteiger charge is 2.46. The molecule has 3 rings (SSSR count). The fourth-order valence-electron chi connectivity index (χ4n) is 2.95. The van der Waals surface area contributed by atoms with E-state index in [1.54, 1.807) is 91.0 Å². The summed E-state index contributed by atoms with van der Waals surface area (Å²) in [5, 5.41) is 0. The molecular formula is C21H17F3O. The smallest absolute Gasteiger partial charge is 0.297 e. The second-order valence-electron chi connectivity index (χ2n) is 5.65. The zero-order valence-electron chi connectivity index (χ0n) is 13.4. The molecule has 3 aromatic carbocycles. The van der Waals surface area contributed by atoms with E-state index in [1.165, 1.54) is 0 Å². The van der Waals surface area contributed by atoms with Gasteiger partial charge in [0.1, 0.15) is 5.60 Å². The van der Waals surface area contributed by atoms with Crippen LogP contribution in [0.25, 0.3) is 0 Å². The van der Waals surface area contributed by atoms with Crippen molar-refractivity contribution in [2.75, 3.05) is 6.67 Å². The predicted octanol–water partition coefficient (Wildman–Crippen LogP) is 5.56. The monoisotopic (exact) mass is 342 g/mol. The molecule has 0 spiro atoms. The zero-order valence-corrected chi connectivity index (χ0v) is 13.4.